The molecule has 0 spiro atoms. The molecular formula is C23H30N2O2. The highest BCUT2D eigenvalue weighted by Crippen LogP contribution is 2.32. The minimum absolute atomic E-state index is 0.0606. The largest absolute Gasteiger partial charge is 0.465 e. The van der Waals surface area contributed by atoms with E-state index in [2.05, 4.69) is 70.3 Å². The summed E-state index contributed by atoms with van der Waals surface area (Å²) in [6.45, 7) is 13.3. The minimum Gasteiger partial charge on any atom is -0.465 e. The SMILES string of the molecule is COC(=O)c1ccc(/C=N/Nc2cc(C(C)(C)C)cc(C(C)(C)C)c2)cc1. The summed E-state index contributed by atoms with van der Waals surface area (Å²) >= 11 is 0. The van der Waals surface area contributed by atoms with Crippen molar-refractivity contribution in [2.45, 2.75) is 52.4 Å². The number of hydrogen-bond donors (Lipinski definition) is 1. The van der Waals surface area contributed by atoms with Crippen molar-refractivity contribution < 1.29 is 9.53 Å². The molecule has 0 amide bonds. The van der Waals surface area contributed by atoms with Gasteiger partial charge in [-0.05, 0) is 51.8 Å². The molecule has 0 bridgehead atoms. The van der Waals surface area contributed by atoms with Crippen molar-refractivity contribution in [3.8, 4) is 0 Å². The van der Waals surface area contributed by atoms with E-state index in [9.17, 15) is 4.79 Å². The number of nitrogens with zero attached hydrogens (tertiary/aromatic N) is 1. The molecule has 2 aromatic carbocycles. The molecule has 0 atom stereocenters. The Labute approximate surface area is 162 Å². The van der Waals surface area contributed by atoms with Gasteiger partial charge in [0.1, 0.15) is 0 Å². The molecule has 4 heteroatoms. The first-order valence-electron chi connectivity index (χ1n) is 9.14. The summed E-state index contributed by atoms with van der Waals surface area (Å²) in [7, 11) is 1.37. The number of esters is 1. The average Bonchev–Trinajstić information content (AvgIpc) is 2.60. The van der Waals surface area contributed by atoms with Gasteiger partial charge in [0, 0.05) is 0 Å². The van der Waals surface area contributed by atoms with Crippen LogP contribution in [0.5, 0.6) is 0 Å². The number of carbonyl (C=O) groups excluding carboxylic acids is 1. The van der Waals surface area contributed by atoms with Crippen LogP contribution in [0.15, 0.2) is 47.6 Å². The predicted octanol–water partition coefficient (Wildman–Crippen LogP) is 5.51. The molecule has 0 radical (unpaired) electrons. The van der Waals surface area contributed by atoms with E-state index in [-0.39, 0.29) is 16.8 Å². The van der Waals surface area contributed by atoms with Gasteiger partial charge in [-0.25, -0.2) is 4.79 Å². The van der Waals surface area contributed by atoms with Crippen LogP contribution in [-0.2, 0) is 15.6 Å². The van der Waals surface area contributed by atoms with Crippen LogP contribution in [0.3, 0.4) is 0 Å². The number of carbonyl (C=O) groups is 1. The van der Waals surface area contributed by atoms with E-state index in [1.165, 1.54) is 18.2 Å². The number of anilines is 1. The van der Waals surface area contributed by atoms with Crippen LogP contribution in [0, 0.1) is 0 Å². The Morgan fingerprint density at radius 1 is 0.926 bits per heavy atom. The number of benzene rings is 2. The zero-order valence-corrected chi connectivity index (χ0v) is 17.4. The monoisotopic (exact) mass is 366 g/mol. The van der Waals surface area contributed by atoms with Crippen molar-refractivity contribution in [3.05, 3.63) is 64.7 Å². The van der Waals surface area contributed by atoms with Gasteiger partial charge in [-0.2, -0.15) is 5.10 Å². The third kappa shape index (κ3) is 5.68. The molecular weight excluding hydrogens is 336 g/mol. The lowest BCUT2D eigenvalue weighted by atomic mass is 9.80. The Morgan fingerprint density at radius 3 is 1.89 bits per heavy atom. The van der Waals surface area contributed by atoms with Gasteiger partial charge in [-0.3, -0.25) is 5.43 Å². The van der Waals surface area contributed by atoms with Crippen LogP contribution in [0.1, 0.15) is 68.6 Å². The Kier molecular flexibility index (Phi) is 6.09. The standard InChI is InChI=1S/C23H30N2O2/c1-22(2,3)18-12-19(23(4,5)6)14-20(13-18)25-24-15-16-8-10-17(11-9-16)21(26)27-7/h8-15,25H,1-7H3/b24-15+. The van der Waals surface area contributed by atoms with Crippen molar-refractivity contribution in [2.75, 3.05) is 12.5 Å². The topological polar surface area (TPSA) is 50.7 Å². The van der Waals surface area contributed by atoms with Crippen molar-refractivity contribution >= 4 is 17.9 Å². The van der Waals surface area contributed by atoms with Crippen molar-refractivity contribution in [1.29, 1.82) is 0 Å². The van der Waals surface area contributed by atoms with Gasteiger partial charge >= 0.3 is 5.97 Å². The summed E-state index contributed by atoms with van der Waals surface area (Å²) in [6.07, 6.45) is 1.74. The molecule has 0 aliphatic rings. The maximum atomic E-state index is 11.5. The Morgan fingerprint density at radius 2 is 1.44 bits per heavy atom. The maximum absolute atomic E-state index is 11.5. The van der Waals surface area contributed by atoms with Gasteiger partial charge in [0.05, 0.1) is 24.6 Å². The van der Waals surface area contributed by atoms with E-state index in [1.54, 1.807) is 18.3 Å². The quantitative estimate of drug-likeness (QED) is 0.441. The lowest BCUT2D eigenvalue weighted by Gasteiger charge is -2.26. The van der Waals surface area contributed by atoms with Crippen LogP contribution in [0.4, 0.5) is 5.69 Å². The van der Waals surface area contributed by atoms with Crippen LogP contribution >= 0.6 is 0 Å². The highest BCUT2D eigenvalue weighted by Gasteiger charge is 2.20. The fraction of sp³-hybridized carbons (Fsp3) is 0.391. The fourth-order valence-electron chi connectivity index (χ4n) is 2.56. The van der Waals surface area contributed by atoms with Gasteiger partial charge in [-0.15, -0.1) is 0 Å². The van der Waals surface area contributed by atoms with E-state index in [4.69, 9.17) is 4.74 Å². The van der Waals surface area contributed by atoms with Crippen LogP contribution < -0.4 is 5.43 Å². The molecule has 0 aromatic heterocycles. The van der Waals surface area contributed by atoms with E-state index in [0.717, 1.165) is 11.3 Å². The summed E-state index contributed by atoms with van der Waals surface area (Å²) in [4.78, 5) is 11.5. The van der Waals surface area contributed by atoms with Gasteiger partial charge in [-0.1, -0.05) is 59.7 Å². The molecule has 0 saturated carbocycles. The molecule has 0 saturated heterocycles. The minimum atomic E-state index is -0.342. The summed E-state index contributed by atoms with van der Waals surface area (Å²) in [6, 6.07) is 13.7. The molecule has 144 valence electrons. The highest BCUT2D eigenvalue weighted by atomic mass is 16.5. The number of methoxy groups -OCH3 is 1. The number of hydrazone groups is 1. The van der Waals surface area contributed by atoms with Crippen molar-refractivity contribution in [1.82, 2.24) is 0 Å². The Hall–Kier alpha value is -2.62. The Balaban J connectivity index is 2.21. The molecule has 27 heavy (non-hydrogen) atoms. The maximum Gasteiger partial charge on any atom is 0.337 e. The second-order valence-electron chi connectivity index (χ2n) is 8.78. The van der Waals surface area contributed by atoms with E-state index in [0.29, 0.717) is 5.56 Å². The van der Waals surface area contributed by atoms with Crippen LogP contribution in [0.25, 0.3) is 0 Å². The summed E-state index contributed by atoms with van der Waals surface area (Å²) in [5, 5.41) is 4.36. The summed E-state index contributed by atoms with van der Waals surface area (Å²) in [5.41, 5.74) is 8.20. The van der Waals surface area contributed by atoms with E-state index < -0.39 is 0 Å². The summed E-state index contributed by atoms with van der Waals surface area (Å²) < 4.78 is 4.71. The number of hydrogen-bond acceptors (Lipinski definition) is 4. The first kappa shape index (κ1) is 20.7. The molecule has 0 unspecified atom stereocenters. The third-order valence-corrected chi connectivity index (χ3v) is 4.40. The first-order valence-corrected chi connectivity index (χ1v) is 9.14. The average molecular weight is 367 g/mol. The molecule has 2 aromatic rings. The van der Waals surface area contributed by atoms with Crippen molar-refractivity contribution in [3.63, 3.8) is 0 Å². The zero-order chi connectivity index (χ0) is 20.2. The van der Waals surface area contributed by atoms with Crippen molar-refractivity contribution in [2.24, 2.45) is 5.10 Å². The lowest BCUT2D eigenvalue weighted by Crippen LogP contribution is -2.16. The highest BCUT2D eigenvalue weighted by molar-refractivity contribution is 5.90. The zero-order valence-electron chi connectivity index (χ0n) is 17.4. The van der Waals surface area contributed by atoms with Gasteiger partial charge in [0.15, 0.2) is 0 Å². The van der Waals surface area contributed by atoms with Crippen LogP contribution in [-0.4, -0.2) is 19.3 Å². The molecule has 0 aliphatic heterocycles. The molecule has 0 heterocycles. The third-order valence-electron chi connectivity index (χ3n) is 4.40. The molecule has 0 fully saturated rings. The Bertz CT molecular complexity index is 791. The molecule has 0 aliphatic carbocycles. The molecule has 1 N–H and O–H groups in total. The lowest BCUT2D eigenvalue weighted by molar-refractivity contribution is 0.0600. The van der Waals surface area contributed by atoms with E-state index in [1.807, 2.05) is 12.1 Å². The predicted molar refractivity (Wildman–Crippen MR) is 113 cm³/mol. The van der Waals surface area contributed by atoms with Crippen LogP contribution in [0.2, 0.25) is 0 Å². The fourth-order valence-corrected chi connectivity index (χ4v) is 2.56. The molecule has 4 nitrogen and oxygen atoms in total. The van der Waals surface area contributed by atoms with Gasteiger partial charge < -0.3 is 4.74 Å². The van der Waals surface area contributed by atoms with Gasteiger partial charge in [0.2, 0.25) is 0 Å². The normalized spacial score (nSPS) is 12.3. The first-order chi connectivity index (χ1) is 12.5. The number of ether oxygens (including phenoxy) is 1. The van der Waals surface area contributed by atoms with E-state index >= 15 is 0 Å². The second-order valence-corrected chi connectivity index (χ2v) is 8.78. The number of nitrogens with one attached hydrogen (secondary N) is 1. The smallest absolute Gasteiger partial charge is 0.337 e. The van der Waals surface area contributed by atoms with Gasteiger partial charge in [0.25, 0.3) is 0 Å². The second kappa shape index (κ2) is 7.95. The number of rotatable bonds is 4. The summed E-state index contributed by atoms with van der Waals surface area (Å²) in [5.74, 6) is -0.342. The molecule has 2 rings (SSSR count).